The normalized spacial score (nSPS) is 11.5. The number of nitrogens with zero attached hydrogens (tertiary/aromatic N) is 1. The fraction of sp³-hybridized carbons (Fsp3) is 0.105. The monoisotopic (exact) mass is 380 g/mol. The van der Waals surface area contributed by atoms with Gasteiger partial charge in [0.2, 0.25) is 6.10 Å². The molecule has 0 bridgehead atoms. The maximum absolute atomic E-state index is 12.7. The third-order valence-corrected chi connectivity index (χ3v) is 3.92. The number of nitrogens with one attached hydrogen (secondary N) is 3. The molecule has 9 heteroatoms. The average molecular weight is 380 g/mol. The Hall–Kier alpha value is -4.01. The molecule has 9 nitrogen and oxygen atoms in total. The first kappa shape index (κ1) is 18.8. The van der Waals surface area contributed by atoms with Crippen LogP contribution in [0.15, 0.2) is 59.4 Å². The van der Waals surface area contributed by atoms with Gasteiger partial charge in [-0.2, -0.15) is 5.10 Å². The molecule has 0 saturated heterocycles. The van der Waals surface area contributed by atoms with Crippen molar-refractivity contribution >= 4 is 28.7 Å². The topological polar surface area (TPSA) is 130 Å². The number of aromatic nitrogens is 2. The number of carbonyl (C=O) groups is 3. The number of hydrogen-bond acceptors (Lipinski definition) is 6. The number of hydrogen-bond donors (Lipinski definition) is 3. The number of ether oxygens (including phenoxy) is 1. The van der Waals surface area contributed by atoms with Crippen molar-refractivity contribution in [3.8, 4) is 0 Å². The van der Waals surface area contributed by atoms with Crippen LogP contribution in [-0.2, 0) is 9.53 Å². The highest BCUT2D eigenvalue weighted by molar-refractivity contribution is 6.04. The van der Waals surface area contributed by atoms with Gasteiger partial charge in [0.15, 0.2) is 5.69 Å². The van der Waals surface area contributed by atoms with Gasteiger partial charge in [0.25, 0.3) is 11.5 Å². The van der Waals surface area contributed by atoms with Gasteiger partial charge in [-0.3, -0.25) is 14.9 Å². The van der Waals surface area contributed by atoms with Crippen LogP contribution in [0.4, 0.5) is 4.79 Å². The smallest absolute Gasteiger partial charge is 0.360 e. The zero-order valence-corrected chi connectivity index (χ0v) is 14.8. The van der Waals surface area contributed by atoms with E-state index in [1.54, 1.807) is 54.6 Å². The van der Waals surface area contributed by atoms with Crippen molar-refractivity contribution in [1.82, 2.24) is 20.8 Å². The summed E-state index contributed by atoms with van der Waals surface area (Å²) in [7, 11) is 1.35. The Labute approximate surface area is 158 Å². The summed E-state index contributed by atoms with van der Waals surface area (Å²) >= 11 is 0. The molecule has 0 aliphatic carbocycles. The van der Waals surface area contributed by atoms with Gasteiger partial charge in [-0.15, -0.1) is 0 Å². The Kier molecular flexibility index (Phi) is 5.45. The number of esters is 1. The number of rotatable bonds is 4. The van der Waals surface area contributed by atoms with E-state index in [-0.39, 0.29) is 16.5 Å². The Morgan fingerprint density at radius 3 is 2.32 bits per heavy atom. The number of benzene rings is 2. The summed E-state index contributed by atoms with van der Waals surface area (Å²) in [6.45, 7) is 0. The van der Waals surface area contributed by atoms with Crippen LogP contribution in [0.5, 0.6) is 0 Å². The van der Waals surface area contributed by atoms with E-state index < -0.39 is 29.6 Å². The molecule has 0 saturated carbocycles. The third-order valence-electron chi connectivity index (χ3n) is 3.92. The van der Waals surface area contributed by atoms with Crippen molar-refractivity contribution in [2.24, 2.45) is 0 Å². The first-order chi connectivity index (χ1) is 13.5. The van der Waals surface area contributed by atoms with Crippen LogP contribution in [0.2, 0.25) is 0 Å². The van der Waals surface area contributed by atoms with E-state index in [1.807, 2.05) is 0 Å². The highest BCUT2D eigenvalue weighted by atomic mass is 16.5. The fourth-order valence-electron chi connectivity index (χ4n) is 2.57. The SMILES string of the molecule is CNC(=O)NC(=O)C(OC(=O)c1n[nH]c(=O)c2ccccc12)c1ccccc1. The van der Waals surface area contributed by atoms with E-state index in [0.717, 1.165) is 0 Å². The summed E-state index contributed by atoms with van der Waals surface area (Å²) in [5.41, 5.74) is -0.237. The Morgan fingerprint density at radius 1 is 1.00 bits per heavy atom. The predicted molar refractivity (Wildman–Crippen MR) is 99.6 cm³/mol. The molecule has 2 aromatic carbocycles. The van der Waals surface area contributed by atoms with E-state index in [9.17, 15) is 19.2 Å². The van der Waals surface area contributed by atoms with Crippen molar-refractivity contribution in [3.63, 3.8) is 0 Å². The maximum Gasteiger partial charge on any atom is 0.360 e. The molecule has 3 amide bonds. The summed E-state index contributed by atoms with van der Waals surface area (Å²) in [5, 5.41) is 10.9. The van der Waals surface area contributed by atoms with Crippen molar-refractivity contribution in [1.29, 1.82) is 0 Å². The first-order valence-corrected chi connectivity index (χ1v) is 8.27. The van der Waals surface area contributed by atoms with Crippen molar-refractivity contribution in [3.05, 3.63) is 76.2 Å². The van der Waals surface area contributed by atoms with E-state index >= 15 is 0 Å². The molecule has 0 aliphatic rings. The maximum atomic E-state index is 12.7. The molecule has 1 atom stereocenters. The molecular formula is C19H16N4O5. The third kappa shape index (κ3) is 3.88. The molecule has 0 spiro atoms. The number of urea groups is 1. The number of H-pyrrole nitrogens is 1. The number of fused-ring (bicyclic) bond motifs is 1. The van der Waals surface area contributed by atoms with Crippen molar-refractivity contribution in [2.45, 2.75) is 6.10 Å². The van der Waals surface area contributed by atoms with Crippen LogP contribution in [-0.4, -0.2) is 35.2 Å². The van der Waals surface area contributed by atoms with Gasteiger partial charge >= 0.3 is 12.0 Å². The second-order valence-corrected chi connectivity index (χ2v) is 5.71. The Bertz CT molecular complexity index is 1090. The predicted octanol–water partition coefficient (Wildman–Crippen LogP) is 1.28. The molecule has 3 N–H and O–H groups in total. The minimum atomic E-state index is -1.39. The van der Waals surface area contributed by atoms with Crippen molar-refractivity contribution in [2.75, 3.05) is 7.05 Å². The summed E-state index contributed by atoms with van der Waals surface area (Å²) in [6, 6.07) is 13.9. The molecule has 0 fully saturated rings. The van der Waals surface area contributed by atoms with E-state index in [4.69, 9.17) is 4.74 Å². The van der Waals surface area contributed by atoms with E-state index in [2.05, 4.69) is 20.8 Å². The summed E-state index contributed by atoms with van der Waals surface area (Å²) in [6.07, 6.45) is -1.39. The van der Waals surface area contributed by atoms with E-state index in [0.29, 0.717) is 5.56 Å². The number of imide groups is 1. The summed E-state index contributed by atoms with van der Waals surface area (Å²) in [5.74, 6) is -1.75. The molecule has 28 heavy (non-hydrogen) atoms. The average Bonchev–Trinajstić information content (AvgIpc) is 2.72. The zero-order valence-electron chi connectivity index (χ0n) is 14.8. The van der Waals surface area contributed by atoms with Crippen LogP contribution >= 0.6 is 0 Å². The van der Waals surface area contributed by atoms with Gasteiger partial charge in [0.05, 0.1) is 5.39 Å². The zero-order chi connectivity index (χ0) is 20.1. The van der Waals surface area contributed by atoms with Crippen LogP contribution in [0.25, 0.3) is 10.8 Å². The fourth-order valence-corrected chi connectivity index (χ4v) is 2.57. The molecule has 1 unspecified atom stereocenters. The van der Waals surface area contributed by atoms with Crippen LogP contribution in [0.1, 0.15) is 22.2 Å². The lowest BCUT2D eigenvalue weighted by atomic mass is 10.1. The molecule has 3 aromatic rings. The lowest BCUT2D eigenvalue weighted by Crippen LogP contribution is -2.41. The van der Waals surface area contributed by atoms with Gasteiger partial charge in [0, 0.05) is 18.0 Å². The number of carbonyl (C=O) groups excluding carboxylic acids is 3. The lowest BCUT2D eigenvalue weighted by molar-refractivity contribution is -0.129. The Balaban J connectivity index is 1.96. The van der Waals surface area contributed by atoms with E-state index in [1.165, 1.54) is 7.05 Å². The van der Waals surface area contributed by atoms with Gasteiger partial charge < -0.3 is 10.1 Å². The van der Waals surface area contributed by atoms with Crippen LogP contribution in [0.3, 0.4) is 0 Å². The molecule has 0 radical (unpaired) electrons. The second kappa shape index (κ2) is 8.12. The van der Waals surface area contributed by atoms with Gasteiger partial charge in [-0.05, 0) is 6.07 Å². The second-order valence-electron chi connectivity index (χ2n) is 5.71. The molecule has 3 rings (SSSR count). The molecule has 142 valence electrons. The Morgan fingerprint density at radius 2 is 1.64 bits per heavy atom. The molecule has 1 heterocycles. The van der Waals surface area contributed by atoms with Crippen LogP contribution in [0, 0.1) is 0 Å². The largest absolute Gasteiger partial charge is 0.442 e. The summed E-state index contributed by atoms with van der Waals surface area (Å²) < 4.78 is 5.36. The van der Waals surface area contributed by atoms with Gasteiger partial charge in [0.1, 0.15) is 0 Å². The summed E-state index contributed by atoms with van der Waals surface area (Å²) in [4.78, 5) is 48.6. The van der Waals surface area contributed by atoms with Crippen LogP contribution < -0.4 is 16.2 Å². The minimum absolute atomic E-state index is 0.149. The lowest BCUT2D eigenvalue weighted by Gasteiger charge is -2.17. The molecule has 1 aromatic heterocycles. The highest BCUT2D eigenvalue weighted by Crippen LogP contribution is 2.21. The molecular weight excluding hydrogens is 364 g/mol. The first-order valence-electron chi connectivity index (χ1n) is 8.27. The minimum Gasteiger partial charge on any atom is -0.442 e. The molecule has 0 aliphatic heterocycles. The van der Waals surface area contributed by atoms with Gasteiger partial charge in [-0.25, -0.2) is 14.7 Å². The quantitative estimate of drug-likeness (QED) is 0.585. The van der Waals surface area contributed by atoms with Gasteiger partial charge in [-0.1, -0.05) is 48.5 Å². The standard InChI is InChI=1S/C19H16N4O5/c1-20-19(27)21-17(25)15(11-7-3-2-4-8-11)28-18(26)14-12-9-5-6-10-13(12)16(24)23-22-14/h2-10,15H,1H3,(H,23,24)(H2,20,21,25,27). The highest BCUT2D eigenvalue weighted by Gasteiger charge is 2.28. The number of amides is 3. The number of aromatic amines is 1. The van der Waals surface area contributed by atoms with Crippen molar-refractivity contribution < 1.29 is 19.1 Å².